The highest BCUT2D eigenvalue weighted by molar-refractivity contribution is 7.89. The van der Waals surface area contributed by atoms with Crippen molar-refractivity contribution >= 4 is 21.6 Å². The van der Waals surface area contributed by atoms with Crippen molar-refractivity contribution in [3.05, 3.63) is 59.4 Å². The van der Waals surface area contributed by atoms with Crippen LogP contribution >= 0.6 is 0 Å². The second-order valence-electron chi connectivity index (χ2n) is 7.02. The number of nitrogens with one attached hydrogen (secondary N) is 1. The average Bonchev–Trinajstić information content (AvgIpc) is 2.63. The van der Waals surface area contributed by atoms with Gasteiger partial charge in [0.1, 0.15) is 5.82 Å². The number of halogens is 1. The van der Waals surface area contributed by atoms with Crippen molar-refractivity contribution in [1.82, 2.24) is 4.31 Å². The Bertz CT molecular complexity index is 966. The Balaban J connectivity index is 1.74. The summed E-state index contributed by atoms with van der Waals surface area (Å²) >= 11 is 0. The van der Waals surface area contributed by atoms with Gasteiger partial charge in [-0.15, -0.1) is 0 Å². The molecule has 1 fully saturated rings. The fourth-order valence-electron chi connectivity index (χ4n) is 3.12. The van der Waals surface area contributed by atoms with Crippen LogP contribution in [0, 0.1) is 12.7 Å². The summed E-state index contributed by atoms with van der Waals surface area (Å²) in [6.07, 6.45) is -0.348. The van der Waals surface area contributed by atoms with E-state index in [-0.39, 0.29) is 22.7 Å². The highest BCUT2D eigenvalue weighted by atomic mass is 32.2. The molecule has 0 bridgehead atoms. The second kappa shape index (κ2) is 7.98. The number of morpholine rings is 1. The fraction of sp³-hybridized carbons (Fsp3) is 0.350. The normalized spacial score (nSPS) is 20.7. The maximum atomic E-state index is 13.6. The SMILES string of the molecule is Cc1ccc(C(=O)Nc2ccc(S(=O)(=O)N3CC(C)OC(C)C3)cc2)cc1F. The summed E-state index contributed by atoms with van der Waals surface area (Å²) in [5.74, 6) is -0.923. The first-order valence-electron chi connectivity index (χ1n) is 9.00. The topological polar surface area (TPSA) is 75.7 Å². The van der Waals surface area contributed by atoms with Crippen LogP contribution in [-0.2, 0) is 14.8 Å². The molecule has 1 aliphatic heterocycles. The van der Waals surface area contributed by atoms with Gasteiger partial charge >= 0.3 is 0 Å². The van der Waals surface area contributed by atoms with Gasteiger partial charge in [0, 0.05) is 24.3 Å². The summed E-state index contributed by atoms with van der Waals surface area (Å²) in [5, 5.41) is 2.64. The first kappa shape index (κ1) is 20.4. The van der Waals surface area contributed by atoms with E-state index < -0.39 is 21.7 Å². The van der Waals surface area contributed by atoms with E-state index in [9.17, 15) is 17.6 Å². The van der Waals surface area contributed by atoms with E-state index >= 15 is 0 Å². The van der Waals surface area contributed by atoms with E-state index in [1.54, 1.807) is 6.92 Å². The highest BCUT2D eigenvalue weighted by Crippen LogP contribution is 2.23. The van der Waals surface area contributed by atoms with Crippen molar-refractivity contribution in [2.75, 3.05) is 18.4 Å². The van der Waals surface area contributed by atoms with Gasteiger partial charge in [-0.3, -0.25) is 4.79 Å². The van der Waals surface area contributed by atoms with Gasteiger partial charge in [-0.1, -0.05) is 6.07 Å². The van der Waals surface area contributed by atoms with E-state index in [0.29, 0.717) is 24.3 Å². The minimum absolute atomic E-state index is 0.146. The Morgan fingerprint density at radius 1 is 1.11 bits per heavy atom. The maximum Gasteiger partial charge on any atom is 0.255 e. The number of hydrogen-bond donors (Lipinski definition) is 1. The maximum absolute atomic E-state index is 13.6. The summed E-state index contributed by atoms with van der Waals surface area (Å²) in [6.45, 7) is 5.88. The quantitative estimate of drug-likeness (QED) is 0.846. The largest absolute Gasteiger partial charge is 0.373 e. The number of carbonyl (C=O) groups excluding carboxylic acids is 1. The van der Waals surface area contributed by atoms with E-state index in [2.05, 4.69) is 5.32 Å². The summed E-state index contributed by atoms with van der Waals surface area (Å²) in [4.78, 5) is 12.4. The van der Waals surface area contributed by atoms with Crippen LogP contribution in [0.1, 0.15) is 29.8 Å². The highest BCUT2D eigenvalue weighted by Gasteiger charge is 2.32. The molecule has 1 heterocycles. The van der Waals surface area contributed by atoms with Crippen molar-refractivity contribution in [2.24, 2.45) is 0 Å². The lowest BCUT2D eigenvalue weighted by Gasteiger charge is -2.34. The zero-order valence-electron chi connectivity index (χ0n) is 16.0. The van der Waals surface area contributed by atoms with E-state index in [1.807, 2.05) is 13.8 Å². The van der Waals surface area contributed by atoms with Gasteiger partial charge in [0.2, 0.25) is 10.0 Å². The van der Waals surface area contributed by atoms with Gasteiger partial charge in [-0.05, 0) is 62.7 Å². The Morgan fingerprint density at radius 2 is 1.71 bits per heavy atom. The smallest absolute Gasteiger partial charge is 0.255 e. The number of rotatable bonds is 4. The molecule has 2 unspecified atom stereocenters. The molecule has 0 aliphatic carbocycles. The van der Waals surface area contributed by atoms with Crippen molar-refractivity contribution in [3.63, 3.8) is 0 Å². The predicted octanol–water partition coefficient (Wildman–Crippen LogP) is 3.18. The van der Waals surface area contributed by atoms with Gasteiger partial charge in [0.15, 0.2) is 0 Å². The minimum Gasteiger partial charge on any atom is -0.373 e. The molecule has 1 aliphatic rings. The number of benzene rings is 2. The summed E-state index contributed by atoms with van der Waals surface area (Å²) in [5.41, 5.74) is 1.07. The number of sulfonamides is 1. The van der Waals surface area contributed by atoms with Crippen LogP contribution in [0.15, 0.2) is 47.4 Å². The number of carbonyl (C=O) groups is 1. The summed E-state index contributed by atoms with van der Waals surface area (Å²) < 4.78 is 46.3. The number of anilines is 1. The van der Waals surface area contributed by atoms with Crippen LogP contribution in [0.4, 0.5) is 10.1 Å². The standard InChI is InChI=1S/C20H23FN2O4S/c1-13-4-5-16(10-19(13)21)20(24)22-17-6-8-18(9-7-17)28(25,26)23-11-14(2)27-15(3)12-23/h4-10,14-15H,11-12H2,1-3H3,(H,22,24). The minimum atomic E-state index is -3.64. The number of hydrogen-bond acceptors (Lipinski definition) is 4. The van der Waals surface area contributed by atoms with Crippen LogP contribution in [0.5, 0.6) is 0 Å². The Kier molecular flexibility index (Phi) is 5.83. The monoisotopic (exact) mass is 406 g/mol. The first-order valence-corrected chi connectivity index (χ1v) is 10.4. The van der Waals surface area contributed by atoms with Crippen LogP contribution in [-0.4, -0.2) is 43.9 Å². The molecule has 0 radical (unpaired) electrons. The van der Waals surface area contributed by atoms with E-state index in [4.69, 9.17) is 4.74 Å². The number of ether oxygens (including phenoxy) is 1. The zero-order valence-corrected chi connectivity index (χ0v) is 16.8. The molecule has 0 aromatic heterocycles. The predicted molar refractivity (Wildman–Crippen MR) is 104 cm³/mol. The van der Waals surface area contributed by atoms with Crippen molar-refractivity contribution in [1.29, 1.82) is 0 Å². The third kappa shape index (κ3) is 4.40. The van der Waals surface area contributed by atoms with Crippen LogP contribution in [0.2, 0.25) is 0 Å². The molecule has 2 aromatic rings. The third-order valence-electron chi connectivity index (χ3n) is 4.57. The lowest BCUT2D eigenvalue weighted by molar-refractivity contribution is -0.0440. The molecule has 28 heavy (non-hydrogen) atoms. The molecule has 2 atom stereocenters. The number of nitrogens with zero attached hydrogens (tertiary/aromatic N) is 1. The molecule has 0 saturated carbocycles. The molecule has 6 nitrogen and oxygen atoms in total. The lowest BCUT2D eigenvalue weighted by atomic mass is 10.1. The third-order valence-corrected chi connectivity index (χ3v) is 6.42. The van der Waals surface area contributed by atoms with Gasteiger partial charge in [0.25, 0.3) is 5.91 Å². The lowest BCUT2D eigenvalue weighted by Crippen LogP contribution is -2.48. The number of aryl methyl sites for hydroxylation is 1. The second-order valence-corrected chi connectivity index (χ2v) is 8.96. The van der Waals surface area contributed by atoms with Crippen LogP contribution < -0.4 is 5.32 Å². The molecule has 8 heteroatoms. The molecule has 150 valence electrons. The van der Waals surface area contributed by atoms with Gasteiger partial charge < -0.3 is 10.1 Å². The van der Waals surface area contributed by atoms with E-state index in [0.717, 1.165) is 0 Å². The average molecular weight is 406 g/mol. The van der Waals surface area contributed by atoms with Crippen molar-refractivity contribution in [3.8, 4) is 0 Å². The summed E-state index contributed by atoms with van der Waals surface area (Å²) in [7, 11) is -3.64. The molecule has 0 spiro atoms. The fourth-order valence-corrected chi connectivity index (χ4v) is 4.71. The Morgan fingerprint density at radius 3 is 2.29 bits per heavy atom. The molecule has 1 saturated heterocycles. The van der Waals surface area contributed by atoms with Gasteiger partial charge in [-0.2, -0.15) is 4.31 Å². The Hall–Kier alpha value is -2.29. The van der Waals surface area contributed by atoms with Crippen LogP contribution in [0.25, 0.3) is 0 Å². The van der Waals surface area contributed by atoms with Crippen LogP contribution in [0.3, 0.4) is 0 Å². The summed E-state index contributed by atoms with van der Waals surface area (Å²) in [6, 6.07) is 10.2. The molecule has 2 aromatic carbocycles. The molecule has 1 amide bonds. The van der Waals surface area contributed by atoms with Crippen molar-refractivity contribution < 1.29 is 22.3 Å². The Labute approximate surface area is 164 Å². The molecule has 1 N–H and O–H groups in total. The zero-order chi connectivity index (χ0) is 20.5. The number of amides is 1. The van der Waals surface area contributed by atoms with Gasteiger partial charge in [-0.25, -0.2) is 12.8 Å². The van der Waals surface area contributed by atoms with Crippen molar-refractivity contribution in [2.45, 2.75) is 37.9 Å². The molecule has 3 rings (SSSR count). The molecular weight excluding hydrogens is 383 g/mol. The first-order chi connectivity index (χ1) is 13.2. The van der Waals surface area contributed by atoms with Gasteiger partial charge in [0.05, 0.1) is 17.1 Å². The molecular formula is C20H23FN2O4S. The van der Waals surface area contributed by atoms with E-state index in [1.165, 1.54) is 46.8 Å².